The summed E-state index contributed by atoms with van der Waals surface area (Å²) in [6.07, 6.45) is 74.6. The Morgan fingerprint density at radius 1 is 0.455 bits per heavy atom. The number of carbonyl (C=O) groups excluding carboxylic acids is 2. The standard InChI is InChI=1S/C67H121N2O7P/c1-7-10-13-16-19-22-25-28-29-30-31-32-33-34-35-36-37-38-39-42-45-48-51-54-57-60-67(71)76-65(58-55-52-49-46-43-40-26-23-20-17-14-11-8-2)64(63-75-77(72,73)74-62-61-69(4,5)6)68-66(70)59-56-53-50-47-44-41-27-24-21-18-15-12-9-3/h19,22,28-29,31-32,34-35,41,44,50,53,55,58,64-65H,7-18,20-21,23-27,30,33,36-40,42-43,45-49,51-52,54,56-57,59-63H2,1-6H3,(H-,68,70,72,73)/p+1/b22-19-,29-28-,32-31-,35-34-,44-41-,53-50+,58-55-. The molecule has 0 heterocycles. The van der Waals surface area contributed by atoms with Crippen molar-refractivity contribution in [1.29, 1.82) is 0 Å². The molecule has 0 radical (unpaired) electrons. The number of likely N-dealkylation sites (N-methyl/N-ethyl adjacent to an activating group) is 1. The second kappa shape index (κ2) is 56.5. The summed E-state index contributed by atoms with van der Waals surface area (Å²) >= 11 is 0. The summed E-state index contributed by atoms with van der Waals surface area (Å²) in [5.74, 6) is -0.589. The number of amides is 1. The highest BCUT2D eigenvalue weighted by Gasteiger charge is 2.30. The first-order chi connectivity index (χ1) is 37.4. The van der Waals surface area contributed by atoms with E-state index in [0.717, 1.165) is 83.5 Å². The number of nitrogens with one attached hydrogen (secondary N) is 1. The molecule has 10 heteroatoms. The van der Waals surface area contributed by atoms with Gasteiger partial charge in [0.15, 0.2) is 0 Å². The number of unbranched alkanes of at least 4 members (excludes halogenated alkanes) is 29. The molecule has 0 fully saturated rings. The van der Waals surface area contributed by atoms with Crippen LogP contribution in [0.5, 0.6) is 0 Å². The zero-order valence-electron chi connectivity index (χ0n) is 50.9. The number of quaternary nitrogens is 1. The Balaban J connectivity index is 5.22. The Kier molecular flexibility index (Phi) is 54.4. The third-order valence-electron chi connectivity index (χ3n) is 13.8. The first kappa shape index (κ1) is 74.2. The average Bonchev–Trinajstić information content (AvgIpc) is 3.39. The van der Waals surface area contributed by atoms with E-state index in [1.54, 1.807) is 0 Å². The maximum atomic E-state index is 13.5. The fourth-order valence-electron chi connectivity index (χ4n) is 8.86. The summed E-state index contributed by atoms with van der Waals surface area (Å²) in [5, 5.41) is 3.01. The van der Waals surface area contributed by atoms with Gasteiger partial charge in [-0.25, -0.2) is 4.57 Å². The summed E-state index contributed by atoms with van der Waals surface area (Å²) in [4.78, 5) is 37.7. The first-order valence-electron chi connectivity index (χ1n) is 31.9. The zero-order chi connectivity index (χ0) is 56.4. The van der Waals surface area contributed by atoms with Gasteiger partial charge in [-0.2, -0.15) is 0 Å². The van der Waals surface area contributed by atoms with Crippen LogP contribution in [-0.2, 0) is 27.9 Å². The molecule has 446 valence electrons. The number of phosphoric ester groups is 1. The van der Waals surface area contributed by atoms with Gasteiger partial charge in [0, 0.05) is 12.8 Å². The van der Waals surface area contributed by atoms with E-state index in [1.165, 1.54) is 154 Å². The molecule has 0 aromatic heterocycles. The fraction of sp³-hybridized carbons (Fsp3) is 0.761. The van der Waals surface area contributed by atoms with E-state index in [2.05, 4.69) is 92.9 Å². The van der Waals surface area contributed by atoms with E-state index in [9.17, 15) is 19.0 Å². The lowest BCUT2D eigenvalue weighted by molar-refractivity contribution is -0.870. The zero-order valence-corrected chi connectivity index (χ0v) is 51.8. The van der Waals surface area contributed by atoms with Crippen LogP contribution in [0.15, 0.2) is 85.1 Å². The lowest BCUT2D eigenvalue weighted by atomic mass is 10.0. The summed E-state index contributed by atoms with van der Waals surface area (Å²) in [5.41, 5.74) is 0. The summed E-state index contributed by atoms with van der Waals surface area (Å²) < 4.78 is 30.6. The minimum atomic E-state index is -4.47. The predicted molar refractivity (Wildman–Crippen MR) is 332 cm³/mol. The van der Waals surface area contributed by atoms with Gasteiger partial charge in [-0.15, -0.1) is 0 Å². The maximum absolute atomic E-state index is 13.5. The van der Waals surface area contributed by atoms with Crippen molar-refractivity contribution in [2.45, 2.75) is 290 Å². The molecule has 0 aromatic rings. The minimum absolute atomic E-state index is 0.0273. The van der Waals surface area contributed by atoms with Crippen LogP contribution in [0.25, 0.3) is 0 Å². The quantitative estimate of drug-likeness (QED) is 0.0205. The van der Waals surface area contributed by atoms with Crippen molar-refractivity contribution in [2.75, 3.05) is 40.9 Å². The number of nitrogens with zero attached hydrogens (tertiary/aromatic N) is 1. The minimum Gasteiger partial charge on any atom is -0.456 e. The molecule has 0 aliphatic carbocycles. The number of allylic oxidation sites excluding steroid dienone is 13. The van der Waals surface area contributed by atoms with Gasteiger partial charge in [0.25, 0.3) is 0 Å². The summed E-state index contributed by atoms with van der Waals surface area (Å²) in [6.45, 7) is 6.93. The maximum Gasteiger partial charge on any atom is 0.472 e. The monoisotopic (exact) mass is 1100 g/mol. The van der Waals surface area contributed by atoms with Crippen LogP contribution < -0.4 is 5.32 Å². The van der Waals surface area contributed by atoms with Crippen molar-refractivity contribution in [3.63, 3.8) is 0 Å². The van der Waals surface area contributed by atoms with Crippen molar-refractivity contribution < 1.29 is 37.3 Å². The molecule has 9 nitrogen and oxygen atoms in total. The molecule has 3 unspecified atom stereocenters. The Labute approximate surface area is 476 Å². The molecule has 0 aliphatic heterocycles. The molecule has 0 aliphatic rings. The lowest BCUT2D eigenvalue weighted by Crippen LogP contribution is -2.47. The Morgan fingerprint density at radius 3 is 1.23 bits per heavy atom. The Bertz CT molecular complexity index is 1590. The number of hydrogen-bond acceptors (Lipinski definition) is 6. The Morgan fingerprint density at radius 2 is 0.805 bits per heavy atom. The number of rotatable bonds is 57. The molecule has 0 spiro atoms. The average molecular weight is 1100 g/mol. The normalized spacial score (nSPS) is 14.2. The molecule has 77 heavy (non-hydrogen) atoms. The smallest absolute Gasteiger partial charge is 0.456 e. The van der Waals surface area contributed by atoms with Crippen molar-refractivity contribution in [3.05, 3.63) is 85.1 Å². The van der Waals surface area contributed by atoms with Gasteiger partial charge >= 0.3 is 13.8 Å². The van der Waals surface area contributed by atoms with E-state index in [-0.39, 0.29) is 37.9 Å². The van der Waals surface area contributed by atoms with Crippen LogP contribution in [-0.4, -0.2) is 74.3 Å². The molecule has 0 saturated carbocycles. The molecule has 2 N–H and O–H groups in total. The van der Waals surface area contributed by atoms with E-state index in [1.807, 2.05) is 39.4 Å². The highest BCUT2D eigenvalue weighted by atomic mass is 31.2. The van der Waals surface area contributed by atoms with E-state index in [0.29, 0.717) is 17.4 Å². The summed E-state index contributed by atoms with van der Waals surface area (Å²) in [6, 6.07) is -0.884. The van der Waals surface area contributed by atoms with Crippen molar-refractivity contribution in [2.24, 2.45) is 0 Å². The van der Waals surface area contributed by atoms with Gasteiger partial charge in [-0.05, 0) is 96.0 Å². The molecule has 3 atom stereocenters. The van der Waals surface area contributed by atoms with Crippen molar-refractivity contribution in [3.8, 4) is 0 Å². The lowest BCUT2D eigenvalue weighted by Gasteiger charge is -2.27. The molecule has 0 bridgehead atoms. The number of ether oxygens (including phenoxy) is 1. The molecule has 0 rings (SSSR count). The van der Waals surface area contributed by atoms with Gasteiger partial charge in [0.1, 0.15) is 19.3 Å². The number of carbonyl (C=O) groups is 2. The SMILES string of the molecule is CCCCC/C=C\C/C=C\C/C=C\C/C=C\CCCCCCCCCCCC(=O)OC(/C=C\CCCCCCCCCCCCC)C(COP(=O)(O)OCC[N+](C)(C)C)NC(=O)CC/C=C/C/C=C\CCCCCCCC. The highest BCUT2D eigenvalue weighted by Crippen LogP contribution is 2.43. The number of hydrogen-bond donors (Lipinski definition) is 2. The van der Waals surface area contributed by atoms with Crippen molar-refractivity contribution >= 4 is 19.7 Å². The van der Waals surface area contributed by atoms with Crippen molar-refractivity contribution in [1.82, 2.24) is 5.32 Å². The molecular formula is C67H122N2O7P+. The molecule has 1 amide bonds. The van der Waals surface area contributed by atoms with Gasteiger partial charge in [-0.3, -0.25) is 18.6 Å². The second-order valence-electron chi connectivity index (χ2n) is 22.6. The first-order valence-corrected chi connectivity index (χ1v) is 33.4. The van der Waals surface area contributed by atoms with Gasteiger partial charge in [-0.1, -0.05) is 254 Å². The molecule has 0 saturated heterocycles. The van der Waals surface area contributed by atoms with Gasteiger partial charge < -0.3 is 19.4 Å². The molecule has 0 aromatic carbocycles. The number of esters is 1. The van der Waals surface area contributed by atoms with E-state index >= 15 is 0 Å². The largest absolute Gasteiger partial charge is 0.472 e. The van der Waals surface area contributed by atoms with Crippen LogP contribution in [0.2, 0.25) is 0 Å². The van der Waals surface area contributed by atoms with Crippen LogP contribution in [0.3, 0.4) is 0 Å². The van der Waals surface area contributed by atoms with Crippen LogP contribution >= 0.6 is 7.82 Å². The van der Waals surface area contributed by atoms with Gasteiger partial charge in [0.05, 0.1) is 33.8 Å². The van der Waals surface area contributed by atoms with E-state index in [4.69, 9.17) is 13.8 Å². The fourth-order valence-corrected chi connectivity index (χ4v) is 9.59. The second-order valence-corrected chi connectivity index (χ2v) is 24.0. The van der Waals surface area contributed by atoms with Crippen LogP contribution in [0.4, 0.5) is 0 Å². The Hall–Kier alpha value is -2.81. The third kappa shape index (κ3) is 57.7. The van der Waals surface area contributed by atoms with E-state index < -0.39 is 20.0 Å². The third-order valence-corrected chi connectivity index (χ3v) is 14.8. The van der Waals surface area contributed by atoms with Gasteiger partial charge in [0.2, 0.25) is 5.91 Å². The topological polar surface area (TPSA) is 111 Å². The summed E-state index contributed by atoms with van der Waals surface area (Å²) in [7, 11) is 1.46. The van der Waals surface area contributed by atoms with Crippen LogP contribution in [0.1, 0.15) is 278 Å². The highest BCUT2D eigenvalue weighted by molar-refractivity contribution is 7.47. The molecular weight excluding hydrogens is 976 g/mol. The predicted octanol–water partition coefficient (Wildman–Crippen LogP) is 19.8. The number of phosphoric acid groups is 1. The van der Waals surface area contributed by atoms with Crippen LogP contribution in [0, 0.1) is 0 Å².